The van der Waals surface area contributed by atoms with Crippen LogP contribution < -0.4 is 10.1 Å². The van der Waals surface area contributed by atoms with E-state index in [1.54, 1.807) is 25.1 Å². The van der Waals surface area contributed by atoms with Crippen molar-refractivity contribution in [1.82, 2.24) is 0 Å². The highest BCUT2D eigenvalue weighted by molar-refractivity contribution is 5.96. The standard InChI is InChI=1S/C18H18N2O6/c1-11-5-4-6-13(7-11)18(22)26-10-17(21)19-14-9-16(25-3)15(20(23)24)8-12(14)2/h4-9H,10H2,1-3H3,(H,19,21). The number of ether oxygens (including phenoxy) is 2. The van der Waals surface area contributed by atoms with Crippen molar-refractivity contribution in [3.8, 4) is 5.75 Å². The highest BCUT2D eigenvalue weighted by atomic mass is 16.6. The van der Waals surface area contributed by atoms with Crippen molar-refractivity contribution in [1.29, 1.82) is 0 Å². The van der Waals surface area contributed by atoms with E-state index >= 15 is 0 Å². The van der Waals surface area contributed by atoms with Crippen LogP contribution in [0.1, 0.15) is 21.5 Å². The molecule has 8 nitrogen and oxygen atoms in total. The number of methoxy groups -OCH3 is 1. The van der Waals surface area contributed by atoms with E-state index in [1.807, 2.05) is 13.0 Å². The van der Waals surface area contributed by atoms with Gasteiger partial charge in [-0.1, -0.05) is 17.7 Å². The molecule has 136 valence electrons. The first-order valence-corrected chi connectivity index (χ1v) is 7.68. The number of nitrogens with one attached hydrogen (secondary N) is 1. The highest BCUT2D eigenvalue weighted by Gasteiger charge is 2.19. The van der Waals surface area contributed by atoms with E-state index in [4.69, 9.17) is 9.47 Å². The second-order valence-electron chi connectivity index (χ2n) is 5.59. The molecule has 2 rings (SSSR count). The first-order chi connectivity index (χ1) is 12.3. The average Bonchev–Trinajstić information content (AvgIpc) is 2.60. The number of carbonyl (C=O) groups excluding carboxylic acids is 2. The van der Waals surface area contributed by atoms with E-state index in [1.165, 1.54) is 19.2 Å². The van der Waals surface area contributed by atoms with Crippen LogP contribution >= 0.6 is 0 Å². The molecule has 2 aromatic carbocycles. The van der Waals surface area contributed by atoms with Gasteiger partial charge in [-0.15, -0.1) is 0 Å². The molecule has 0 saturated heterocycles. The summed E-state index contributed by atoms with van der Waals surface area (Å²) in [5.41, 5.74) is 1.87. The van der Waals surface area contributed by atoms with Gasteiger partial charge in [0, 0.05) is 17.8 Å². The Hall–Kier alpha value is -3.42. The van der Waals surface area contributed by atoms with Crippen molar-refractivity contribution in [2.45, 2.75) is 13.8 Å². The van der Waals surface area contributed by atoms with Gasteiger partial charge in [-0.2, -0.15) is 0 Å². The molecule has 0 aliphatic rings. The number of hydrogen-bond acceptors (Lipinski definition) is 6. The summed E-state index contributed by atoms with van der Waals surface area (Å²) < 4.78 is 9.96. The third kappa shape index (κ3) is 4.56. The zero-order valence-electron chi connectivity index (χ0n) is 14.6. The molecule has 0 spiro atoms. The molecule has 8 heteroatoms. The molecule has 1 amide bonds. The van der Waals surface area contributed by atoms with Crippen molar-refractivity contribution in [3.63, 3.8) is 0 Å². The van der Waals surface area contributed by atoms with Crippen LogP contribution in [0.15, 0.2) is 36.4 Å². The first-order valence-electron chi connectivity index (χ1n) is 7.68. The summed E-state index contributed by atoms with van der Waals surface area (Å²) in [6, 6.07) is 9.47. The Balaban J connectivity index is 2.03. The van der Waals surface area contributed by atoms with Crippen LogP contribution in [-0.4, -0.2) is 30.5 Å². The maximum Gasteiger partial charge on any atom is 0.338 e. The van der Waals surface area contributed by atoms with Gasteiger partial charge in [0.1, 0.15) is 0 Å². The Kier molecular flexibility index (Phi) is 5.90. The van der Waals surface area contributed by atoms with Gasteiger partial charge in [-0.05, 0) is 31.5 Å². The third-order valence-corrected chi connectivity index (χ3v) is 3.58. The van der Waals surface area contributed by atoms with Crippen LogP contribution in [0.2, 0.25) is 0 Å². The fraction of sp³-hybridized carbons (Fsp3) is 0.222. The highest BCUT2D eigenvalue weighted by Crippen LogP contribution is 2.32. The molecule has 26 heavy (non-hydrogen) atoms. The normalized spacial score (nSPS) is 10.1. The second-order valence-corrected chi connectivity index (χ2v) is 5.59. The van der Waals surface area contributed by atoms with Crippen LogP contribution in [0.4, 0.5) is 11.4 Å². The van der Waals surface area contributed by atoms with E-state index in [9.17, 15) is 19.7 Å². The summed E-state index contributed by atoms with van der Waals surface area (Å²) in [4.78, 5) is 34.4. The number of carbonyl (C=O) groups is 2. The molecule has 2 aromatic rings. The van der Waals surface area contributed by atoms with Gasteiger partial charge in [0.25, 0.3) is 5.91 Å². The summed E-state index contributed by atoms with van der Waals surface area (Å²) in [6.45, 7) is 2.97. The van der Waals surface area contributed by atoms with Gasteiger partial charge in [-0.3, -0.25) is 14.9 Å². The van der Waals surface area contributed by atoms with E-state index in [-0.39, 0.29) is 11.4 Å². The van der Waals surface area contributed by atoms with Crippen LogP contribution in [0, 0.1) is 24.0 Å². The van der Waals surface area contributed by atoms with Crippen LogP contribution in [0.3, 0.4) is 0 Å². The monoisotopic (exact) mass is 358 g/mol. The van der Waals surface area contributed by atoms with Gasteiger partial charge in [0.2, 0.25) is 0 Å². The predicted octanol–water partition coefficient (Wildman–Crippen LogP) is 3.02. The molecule has 0 fully saturated rings. The van der Waals surface area contributed by atoms with Crippen molar-refractivity contribution in [2.75, 3.05) is 19.0 Å². The number of anilines is 1. The molecule has 0 unspecified atom stereocenters. The summed E-state index contributed by atoms with van der Waals surface area (Å²) >= 11 is 0. The average molecular weight is 358 g/mol. The number of aryl methyl sites for hydroxylation is 2. The van der Waals surface area contributed by atoms with E-state index in [0.717, 1.165) is 5.56 Å². The number of esters is 1. The largest absolute Gasteiger partial charge is 0.490 e. The predicted molar refractivity (Wildman–Crippen MR) is 94.5 cm³/mol. The van der Waals surface area contributed by atoms with Crippen molar-refractivity contribution in [3.05, 3.63) is 63.2 Å². The molecule has 0 radical (unpaired) electrons. The van der Waals surface area contributed by atoms with Crippen molar-refractivity contribution in [2.24, 2.45) is 0 Å². The summed E-state index contributed by atoms with van der Waals surface area (Å²) in [7, 11) is 1.30. The minimum atomic E-state index is -0.609. The van der Waals surface area contributed by atoms with E-state index in [0.29, 0.717) is 16.8 Å². The lowest BCUT2D eigenvalue weighted by atomic mass is 10.1. The number of hydrogen-bond donors (Lipinski definition) is 1. The molecule has 1 N–H and O–H groups in total. The SMILES string of the molecule is COc1cc(NC(=O)COC(=O)c2cccc(C)c2)c(C)cc1[N+](=O)[O-]. The lowest BCUT2D eigenvalue weighted by Gasteiger charge is -2.11. The second kappa shape index (κ2) is 8.11. The van der Waals surface area contributed by atoms with E-state index < -0.39 is 23.4 Å². The molecule has 0 aliphatic carbocycles. The maximum absolute atomic E-state index is 12.0. The number of benzene rings is 2. The van der Waals surface area contributed by atoms with Gasteiger partial charge < -0.3 is 14.8 Å². The maximum atomic E-state index is 12.0. The molecule has 0 aromatic heterocycles. The molecule has 0 heterocycles. The van der Waals surface area contributed by atoms with Gasteiger partial charge in [0.15, 0.2) is 12.4 Å². The number of nitro benzene ring substituents is 1. The fourth-order valence-electron chi connectivity index (χ4n) is 2.29. The Bertz CT molecular complexity index is 863. The summed E-state index contributed by atoms with van der Waals surface area (Å²) in [5.74, 6) is -1.15. The number of amides is 1. The van der Waals surface area contributed by atoms with Gasteiger partial charge >= 0.3 is 11.7 Å². The fourth-order valence-corrected chi connectivity index (χ4v) is 2.29. The first kappa shape index (κ1) is 18.9. The lowest BCUT2D eigenvalue weighted by molar-refractivity contribution is -0.385. The number of nitrogens with zero attached hydrogens (tertiary/aromatic N) is 1. The Morgan fingerprint density at radius 1 is 1.19 bits per heavy atom. The Morgan fingerprint density at radius 3 is 2.54 bits per heavy atom. The summed E-state index contributed by atoms with van der Waals surface area (Å²) in [5, 5.41) is 13.5. The van der Waals surface area contributed by atoms with Crippen LogP contribution in [-0.2, 0) is 9.53 Å². The zero-order valence-corrected chi connectivity index (χ0v) is 14.6. The Morgan fingerprint density at radius 2 is 1.92 bits per heavy atom. The topological polar surface area (TPSA) is 108 Å². The van der Waals surface area contributed by atoms with Crippen molar-refractivity contribution < 1.29 is 24.0 Å². The van der Waals surface area contributed by atoms with Crippen molar-refractivity contribution >= 4 is 23.3 Å². The molecular formula is C18H18N2O6. The van der Waals surface area contributed by atoms with Gasteiger partial charge in [-0.25, -0.2) is 4.79 Å². The smallest absolute Gasteiger partial charge is 0.338 e. The number of nitro groups is 1. The van der Waals surface area contributed by atoms with Crippen LogP contribution in [0.25, 0.3) is 0 Å². The van der Waals surface area contributed by atoms with Gasteiger partial charge in [0.05, 0.1) is 17.6 Å². The molecule has 0 bridgehead atoms. The molecule has 0 aliphatic heterocycles. The number of rotatable bonds is 6. The lowest BCUT2D eigenvalue weighted by Crippen LogP contribution is -2.21. The quantitative estimate of drug-likeness (QED) is 0.483. The minimum Gasteiger partial charge on any atom is -0.490 e. The van der Waals surface area contributed by atoms with E-state index in [2.05, 4.69) is 5.32 Å². The summed E-state index contributed by atoms with van der Waals surface area (Å²) in [6.07, 6.45) is 0. The molecule has 0 atom stereocenters. The van der Waals surface area contributed by atoms with Crippen LogP contribution in [0.5, 0.6) is 5.75 Å². The molecule has 0 saturated carbocycles. The molecular weight excluding hydrogens is 340 g/mol. The third-order valence-electron chi connectivity index (χ3n) is 3.58. The minimum absolute atomic E-state index is 0.0210. The Labute approximate surface area is 149 Å². The zero-order chi connectivity index (χ0) is 19.3.